The summed E-state index contributed by atoms with van der Waals surface area (Å²) in [4.78, 5) is 20.2. The van der Waals surface area contributed by atoms with Gasteiger partial charge in [0, 0.05) is 12.7 Å². The van der Waals surface area contributed by atoms with E-state index in [1.807, 2.05) is 13.0 Å². The summed E-state index contributed by atoms with van der Waals surface area (Å²) in [6, 6.07) is 1.92. The molecule has 0 radical (unpaired) electrons. The first-order valence-electron chi connectivity index (χ1n) is 5.76. The Morgan fingerprint density at radius 1 is 1.47 bits per heavy atom. The summed E-state index contributed by atoms with van der Waals surface area (Å²) in [7, 11) is 0. The van der Waals surface area contributed by atoms with Gasteiger partial charge >= 0.3 is 0 Å². The molecule has 0 fully saturated rings. The average molecular weight is 232 g/mol. The number of unbranched alkanes of at least 4 members (excludes halogenated alkanes) is 1. The number of fused-ring (bicyclic) bond motifs is 1. The number of nitrogens with zero attached hydrogens (tertiary/aromatic N) is 3. The average Bonchev–Trinajstić information content (AvgIpc) is 2.31. The van der Waals surface area contributed by atoms with Crippen molar-refractivity contribution in [1.29, 1.82) is 0 Å². The number of hydrogen-bond acceptors (Lipinski definition) is 4. The van der Waals surface area contributed by atoms with Crippen molar-refractivity contribution in [2.24, 2.45) is 0 Å². The molecule has 90 valence electrons. The van der Waals surface area contributed by atoms with E-state index in [4.69, 9.17) is 5.73 Å². The van der Waals surface area contributed by atoms with E-state index >= 15 is 0 Å². The molecule has 5 nitrogen and oxygen atoms in total. The van der Waals surface area contributed by atoms with E-state index in [-0.39, 0.29) is 11.4 Å². The first-order valence-corrected chi connectivity index (χ1v) is 5.76. The zero-order chi connectivity index (χ0) is 12.4. The zero-order valence-electron chi connectivity index (χ0n) is 10.1. The van der Waals surface area contributed by atoms with Crippen LogP contribution in [0.2, 0.25) is 0 Å². The van der Waals surface area contributed by atoms with E-state index in [0.717, 1.165) is 23.9 Å². The van der Waals surface area contributed by atoms with Crippen LogP contribution in [0, 0.1) is 6.92 Å². The van der Waals surface area contributed by atoms with Crippen molar-refractivity contribution in [3.63, 3.8) is 0 Å². The third kappa shape index (κ3) is 2.13. The maximum Gasteiger partial charge on any atom is 0.293 e. The Morgan fingerprint density at radius 2 is 2.24 bits per heavy atom. The maximum absolute atomic E-state index is 11.9. The molecule has 0 unspecified atom stereocenters. The summed E-state index contributed by atoms with van der Waals surface area (Å²) >= 11 is 0. The third-order valence-corrected chi connectivity index (χ3v) is 2.70. The van der Waals surface area contributed by atoms with Gasteiger partial charge in [0.05, 0.1) is 5.52 Å². The molecule has 0 saturated heterocycles. The van der Waals surface area contributed by atoms with E-state index in [2.05, 4.69) is 16.9 Å². The monoisotopic (exact) mass is 232 g/mol. The molecule has 0 saturated carbocycles. The maximum atomic E-state index is 11.9. The molecule has 2 aromatic heterocycles. The molecule has 0 spiro atoms. The number of nitrogens with two attached hydrogens (primary N) is 1. The molecular formula is C12H16N4O. The van der Waals surface area contributed by atoms with Gasteiger partial charge in [-0.05, 0) is 25.0 Å². The molecule has 0 aliphatic rings. The number of hydrogen-bond donors (Lipinski definition) is 1. The van der Waals surface area contributed by atoms with Gasteiger partial charge in [-0.1, -0.05) is 13.3 Å². The van der Waals surface area contributed by atoms with Crippen molar-refractivity contribution in [2.45, 2.75) is 33.2 Å². The number of pyridine rings is 1. The van der Waals surface area contributed by atoms with Gasteiger partial charge in [-0.15, -0.1) is 0 Å². The van der Waals surface area contributed by atoms with Crippen molar-refractivity contribution in [2.75, 3.05) is 5.73 Å². The second-order valence-electron chi connectivity index (χ2n) is 4.16. The van der Waals surface area contributed by atoms with Crippen LogP contribution in [0.15, 0.2) is 17.1 Å². The van der Waals surface area contributed by atoms with Gasteiger partial charge in [0.15, 0.2) is 11.5 Å². The first-order chi connectivity index (χ1) is 8.13. The Balaban J connectivity index is 2.71. The van der Waals surface area contributed by atoms with Crippen LogP contribution >= 0.6 is 0 Å². The van der Waals surface area contributed by atoms with E-state index in [9.17, 15) is 4.79 Å². The summed E-state index contributed by atoms with van der Waals surface area (Å²) < 4.78 is 1.67. The lowest BCUT2D eigenvalue weighted by Crippen LogP contribution is -2.25. The minimum Gasteiger partial charge on any atom is -0.379 e. The van der Waals surface area contributed by atoms with Crippen LogP contribution in [0.3, 0.4) is 0 Å². The minimum atomic E-state index is -0.224. The van der Waals surface area contributed by atoms with Crippen LogP contribution < -0.4 is 11.3 Å². The fourth-order valence-electron chi connectivity index (χ4n) is 1.78. The molecule has 0 amide bonds. The minimum absolute atomic E-state index is 0.0185. The molecule has 2 heterocycles. The highest BCUT2D eigenvalue weighted by Crippen LogP contribution is 2.11. The highest BCUT2D eigenvalue weighted by atomic mass is 16.1. The summed E-state index contributed by atoms with van der Waals surface area (Å²) in [5, 5.41) is 0. The van der Waals surface area contributed by atoms with Gasteiger partial charge in [0.2, 0.25) is 0 Å². The predicted molar refractivity (Wildman–Crippen MR) is 67.9 cm³/mol. The Morgan fingerprint density at radius 3 is 2.94 bits per heavy atom. The van der Waals surface area contributed by atoms with Gasteiger partial charge in [-0.2, -0.15) is 0 Å². The number of aromatic nitrogens is 3. The smallest absolute Gasteiger partial charge is 0.293 e. The van der Waals surface area contributed by atoms with Crippen molar-refractivity contribution >= 4 is 17.0 Å². The largest absolute Gasteiger partial charge is 0.379 e. The predicted octanol–water partition coefficient (Wildman–Crippen LogP) is 1.48. The van der Waals surface area contributed by atoms with E-state index in [1.54, 1.807) is 10.8 Å². The molecule has 17 heavy (non-hydrogen) atoms. The van der Waals surface area contributed by atoms with Crippen molar-refractivity contribution in [1.82, 2.24) is 14.5 Å². The second kappa shape index (κ2) is 4.53. The number of rotatable bonds is 3. The van der Waals surface area contributed by atoms with Crippen LogP contribution in [-0.2, 0) is 6.54 Å². The molecule has 2 rings (SSSR count). The van der Waals surface area contributed by atoms with Crippen LogP contribution in [-0.4, -0.2) is 14.5 Å². The first kappa shape index (κ1) is 11.6. The molecule has 2 N–H and O–H groups in total. The lowest BCUT2D eigenvalue weighted by atomic mass is 10.2. The zero-order valence-corrected chi connectivity index (χ0v) is 10.1. The molecule has 0 atom stereocenters. The molecule has 2 aromatic rings. The summed E-state index contributed by atoms with van der Waals surface area (Å²) in [6.07, 6.45) is 3.69. The van der Waals surface area contributed by atoms with E-state index in [0.29, 0.717) is 12.2 Å². The van der Waals surface area contributed by atoms with Crippen LogP contribution in [0.5, 0.6) is 0 Å². The number of anilines is 1. The standard InChI is InChI=1S/C12H16N4O/c1-3-4-5-16-9-6-8(2)7-14-11(9)15-10(13)12(16)17/h6-7H,3-5H2,1-2H3,(H2,13,14,15). The fraction of sp³-hybridized carbons (Fsp3) is 0.417. The SMILES string of the molecule is CCCCn1c(=O)c(N)nc2ncc(C)cc21. The highest BCUT2D eigenvalue weighted by Gasteiger charge is 2.09. The lowest BCUT2D eigenvalue weighted by molar-refractivity contribution is 0.630. The normalized spacial score (nSPS) is 10.9. The van der Waals surface area contributed by atoms with Gasteiger partial charge in [-0.25, -0.2) is 9.97 Å². The Kier molecular flexibility index (Phi) is 3.08. The quantitative estimate of drug-likeness (QED) is 0.869. The van der Waals surface area contributed by atoms with Gasteiger partial charge in [0.1, 0.15) is 0 Å². The van der Waals surface area contributed by atoms with Crippen molar-refractivity contribution in [3.8, 4) is 0 Å². The number of nitrogen functional groups attached to an aromatic ring is 1. The fourth-order valence-corrected chi connectivity index (χ4v) is 1.78. The highest BCUT2D eigenvalue weighted by molar-refractivity contribution is 5.72. The van der Waals surface area contributed by atoms with Crippen LogP contribution in [0.25, 0.3) is 11.2 Å². The Bertz CT molecular complexity index is 603. The third-order valence-electron chi connectivity index (χ3n) is 2.70. The Labute approximate surface area is 99.3 Å². The molecule has 0 aliphatic heterocycles. The Hall–Kier alpha value is -1.91. The molecule has 0 bridgehead atoms. The van der Waals surface area contributed by atoms with Crippen LogP contribution in [0.1, 0.15) is 25.3 Å². The summed E-state index contributed by atoms with van der Waals surface area (Å²) in [5.74, 6) is 0.0185. The summed E-state index contributed by atoms with van der Waals surface area (Å²) in [6.45, 7) is 4.68. The van der Waals surface area contributed by atoms with E-state index < -0.39 is 0 Å². The topological polar surface area (TPSA) is 73.8 Å². The van der Waals surface area contributed by atoms with Gasteiger partial charge in [-0.3, -0.25) is 4.79 Å². The van der Waals surface area contributed by atoms with Crippen LogP contribution in [0.4, 0.5) is 5.82 Å². The van der Waals surface area contributed by atoms with Crippen molar-refractivity contribution in [3.05, 3.63) is 28.2 Å². The summed E-state index contributed by atoms with van der Waals surface area (Å²) in [5.41, 5.74) is 7.69. The lowest BCUT2D eigenvalue weighted by Gasteiger charge is -2.10. The molecule has 0 aliphatic carbocycles. The van der Waals surface area contributed by atoms with Gasteiger partial charge < -0.3 is 10.3 Å². The number of aryl methyl sites for hydroxylation is 2. The molecular weight excluding hydrogens is 216 g/mol. The van der Waals surface area contributed by atoms with Crippen molar-refractivity contribution < 1.29 is 0 Å². The second-order valence-corrected chi connectivity index (χ2v) is 4.16. The van der Waals surface area contributed by atoms with E-state index in [1.165, 1.54) is 0 Å². The molecule has 0 aromatic carbocycles. The molecule has 5 heteroatoms. The van der Waals surface area contributed by atoms with Gasteiger partial charge in [0.25, 0.3) is 5.56 Å².